The number of hydrogen-bond acceptors (Lipinski definition) is 5. The predicted molar refractivity (Wildman–Crippen MR) is 73.1 cm³/mol. The topological polar surface area (TPSA) is 79.5 Å². The van der Waals surface area contributed by atoms with Gasteiger partial charge in [-0.1, -0.05) is 11.3 Å². The van der Waals surface area contributed by atoms with Crippen LogP contribution in [0.3, 0.4) is 0 Å². The van der Waals surface area contributed by atoms with Gasteiger partial charge in [0.2, 0.25) is 0 Å². The Bertz CT molecular complexity index is 619. The van der Waals surface area contributed by atoms with Gasteiger partial charge in [-0.2, -0.15) is 4.31 Å². The fraction of sp³-hybridized carbons (Fsp3) is 0.727. The molecular formula is C11H18N2O4S2. The number of aromatic amines is 1. The molecule has 1 unspecified atom stereocenters. The monoisotopic (exact) mass is 306 g/mol. The van der Waals surface area contributed by atoms with Crippen LogP contribution >= 0.6 is 11.3 Å². The van der Waals surface area contributed by atoms with Gasteiger partial charge in [0.15, 0.2) is 4.21 Å². The smallest absolute Gasteiger partial charge is 0.305 e. The first kappa shape index (κ1) is 14.7. The van der Waals surface area contributed by atoms with Crippen molar-refractivity contribution in [3.63, 3.8) is 0 Å². The number of aryl methyl sites for hydroxylation is 1. The molecule has 0 spiro atoms. The van der Waals surface area contributed by atoms with Gasteiger partial charge in [-0.3, -0.25) is 4.79 Å². The SMILES string of the molecule is COC1(C)CCCN(S(=O)(=O)c2sc(=O)[nH]c2C)C1. The molecule has 2 heterocycles. The summed E-state index contributed by atoms with van der Waals surface area (Å²) in [6, 6.07) is 0. The molecule has 1 aliphatic rings. The number of H-pyrrole nitrogens is 1. The molecule has 0 aliphatic carbocycles. The Morgan fingerprint density at radius 2 is 2.16 bits per heavy atom. The van der Waals surface area contributed by atoms with Crippen LogP contribution in [-0.2, 0) is 14.8 Å². The van der Waals surface area contributed by atoms with Gasteiger partial charge in [0.05, 0.1) is 5.60 Å². The summed E-state index contributed by atoms with van der Waals surface area (Å²) in [4.78, 5) is 13.4. The maximum absolute atomic E-state index is 12.5. The van der Waals surface area contributed by atoms with Crippen LogP contribution in [0.15, 0.2) is 9.00 Å². The van der Waals surface area contributed by atoms with E-state index in [9.17, 15) is 13.2 Å². The zero-order chi connectivity index (χ0) is 14.3. The molecular weight excluding hydrogens is 288 g/mol. The molecule has 1 fully saturated rings. The molecule has 1 atom stereocenters. The quantitative estimate of drug-likeness (QED) is 0.901. The molecule has 1 aromatic heterocycles. The van der Waals surface area contributed by atoms with Crippen molar-refractivity contribution in [3.8, 4) is 0 Å². The molecule has 1 saturated heterocycles. The Hall–Kier alpha value is -0.700. The Morgan fingerprint density at radius 1 is 1.47 bits per heavy atom. The summed E-state index contributed by atoms with van der Waals surface area (Å²) in [6.45, 7) is 4.29. The zero-order valence-electron chi connectivity index (χ0n) is 11.2. The van der Waals surface area contributed by atoms with Crippen LogP contribution in [-0.4, -0.2) is 43.5 Å². The number of sulfonamides is 1. The van der Waals surface area contributed by atoms with Gasteiger partial charge >= 0.3 is 4.87 Å². The van der Waals surface area contributed by atoms with E-state index >= 15 is 0 Å². The van der Waals surface area contributed by atoms with Crippen LogP contribution in [0, 0.1) is 6.92 Å². The van der Waals surface area contributed by atoms with Crippen molar-refractivity contribution in [1.82, 2.24) is 9.29 Å². The van der Waals surface area contributed by atoms with E-state index in [2.05, 4.69) is 4.98 Å². The first-order valence-corrected chi connectivity index (χ1v) is 8.29. The first-order valence-electron chi connectivity index (χ1n) is 6.03. The molecule has 0 radical (unpaired) electrons. The lowest BCUT2D eigenvalue weighted by Gasteiger charge is -2.38. The van der Waals surface area contributed by atoms with Crippen LogP contribution in [0.25, 0.3) is 0 Å². The summed E-state index contributed by atoms with van der Waals surface area (Å²) in [6.07, 6.45) is 1.58. The average Bonchev–Trinajstić information content (AvgIpc) is 2.69. The van der Waals surface area contributed by atoms with Gasteiger partial charge in [-0.25, -0.2) is 8.42 Å². The average molecular weight is 306 g/mol. The standard InChI is InChI=1S/C11H18N2O4S2/c1-8-9(18-10(14)12-8)19(15,16)13-6-4-5-11(2,7-13)17-3/h4-7H2,1-3H3,(H,12,14). The Kier molecular flexibility index (Phi) is 3.87. The van der Waals surface area contributed by atoms with Crippen LogP contribution in [0.5, 0.6) is 0 Å². The third-order valence-electron chi connectivity index (χ3n) is 3.47. The third kappa shape index (κ3) is 2.76. The lowest BCUT2D eigenvalue weighted by atomic mass is 9.96. The van der Waals surface area contributed by atoms with Crippen molar-refractivity contribution in [3.05, 3.63) is 15.4 Å². The number of methoxy groups -OCH3 is 1. The molecule has 0 aromatic carbocycles. The van der Waals surface area contributed by atoms with Crippen LogP contribution < -0.4 is 4.87 Å². The number of nitrogens with zero attached hydrogens (tertiary/aromatic N) is 1. The molecule has 108 valence electrons. The second-order valence-electron chi connectivity index (χ2n) is 5.02. The summed E-state index contributed by atoms with van der Waals surface area (Å²) in [5.74, 6) is 0. The number of hydrogen-bond donors (Lipinski definition) is 1. The molecule has 0 bridgehead atoms. The molecule has 0 amide bonds. The summed E-state index contributed by atoms with van der Waals surface area (Å²) in [5, 5.41) is 0. The summed E-state index contributed by atoms with van der Waals surface area (Å²) in [5.41, 5.74) is -0.0554. The second-order valence-corrected chi connectivity index (χ2v) is 8.14. The fourth-order valence-electron chi connectivity index (χ4n) is 2.29. The van der Waals surface area contributed by atoms with E-state index in [4.69, 9.17) is 4.74 Å². The Labute approximate surface area is 116 Å². The normalized spacial score (nSPS) is 25.6. The fourth-order valence-corrected chi connectivity index (χ4v) is 5.31. The van der Waals surface area contributed by atoms with E-state index < -0.39 is 15.6 Å². The van der Waals surface area contributed by atoms with E-state index in [1.807, 2.05) is 6.92 Å². The number of aromatic nitrogens is 1. The van der Waals surface area contributed by atoms with Gasteiger partial charge in [-0.05, 0) is 26.7 Å². The molecule has 8 heteroatoms. The van der Waals surface area contributed by atoms with Crippen molar-refractivity contribution in [2.24, 2.45) is 0 Å². The maximum Gasteiger partial charge on any atom is 0.305 e. The van der Waals surface area contributed by atoms with E-state index in [0.717, 1.165) is 24.2 Å². The number of ether oxygens (including phenoxy) is 1. The molecule has 2 rings (SSSR count). The molecule has 1 N–H and O–H groups in total. The van der Waals surface area contributed by atoms with Crippen molar-refractivity contribution >= 4 is 21.4 Å². The zero-order valence-corrected chi connectivity index (χ0v) is 12.9. The van der Waals surface area contributed by atoms with E-state index in [1.165, 1.54) is 4.31 Å². The summed E-state index contributed by atoms with van der Waals surface area (Å²) >= 11 is 0.741. The van der Waals surface area contributed by atoms with Crippen molar-refractivity contribution in [2.75, 3.05) is 20.2 Å². The highest BCUT2D eigenvalue weighted by atomic mass is 32.2. The molecule has 19 heavy (non-hydrogen) atoms. The van der Waals surface area contributed by atoms with Gasteiger partial charge in [-0.15, -0.1) is 0 Å². The lowest BCUT2D eigenvalue weighted by Crippen LogP contribution is -2.49. The van der Waals surface area contributed by atoms with Crippen LogP contribution in [0.4, 0.5) is 0 Å². The number of nitrogens with one attached hydrogen (secondary N) is 1. The highest BCUT2D eigenvalue weighted by Gasteiger charge is 2.38. The highest BCUT2D eigenvalue weighted by Crippen LogP contribution is 2.29. The van der Waals surface area contributed by atoms with E-state index in [-0.39, 0.29) is 9.08 Å². The molecule has 0 saturated carbocycles. The summed E-state index contributed by atoms with van der Waals surface area (Å²) in [7, 11) is -2.02. The van der Waals surface area contributed by atoms with Gasteiger partial charge in [0, 0.05) is 25.9 Å². The second kappa shape index (κ2) is 5.01. The lowest BCUT2D eigenvalue weighted by molar-refractivity contribution is -0.0319. The number of rotatable bonds is 3. The number of piperidine rings is 1. The van der Waals surface area contributed by atoms with E-state index in [1.54, 1.807) is 14.0 Å². The van der Waals surface area contributed by atoms with E-state index in [0.29, 0.717) is 18.8 Å². The first-order chi connectivity index (χ1) is 8.78. The van der Waals surface area contributed by atoms with Gasteiger partial charge in [0.1, 0.15) is 0 Å². The van der Waals surface area contributed by atoms with Crippen LogP contribution in [0.1, 0.15) is 25.5 Å². The highest BCUT2D eigenvalue weighted by molar-refractivity contribution is 7.91. The molecule has 6 nitrogen and oxygen atoms in total. The molecule has 1 aliphatic heterocycles. The minimum atomic E-state index is -3.61. The largest absolute Gasteiger partial charge is 0.377 e. The minimum Gasteiger partial charge on any atom is -0.377 e. The maximum atomic E-state index is 12.5. The van der Waals surface area contributed by atoms with Gasteiger partial charge in [0.25, 0.3) is 10.0 Å². The third-order valence-corrected chi connectivity index (χ3v) is 6.90. The van der Waals surface area contributed by atoms with Gasteiger partial charge < -0.3 is 9.72 Å². The Morgan fingerprint density at radius 3 is 2.68 bits per heavy atom. The predicted octanol–water partition coefficient (Wildman–Crippen LogP) is 0.934. The van der Waals surface area contributed by atoms with Crippen molar-refractivity contribution in [1.29, 1.82) is 0 Å². The summed E-state index contributed by atoms with van der Waals surface area (Å²) < 4.78 is 32.0. The van der Waals surface area contributed by atoms with Crippen molar-refractivity contribution in [2.45, 2.75) is 36.5 Å². The minimum absolute atomic E-state index is 0.109. The Balaban J connectivity index is 2.35. The number of thiazole rings is 1. The van der Waals surface area contributed by atoms with Crippen LogP contribution in [0.2, 0.25) is 0 Å². The van der Waals surface area contributed by atoms with Crippen molar-refractivity contribution < 1.29 is 13.2 Å². The molecule has 1 aromatic rings.